The number of morpholine rings is 1. The highest BCUT2D eigenvalue weighted by atomic mass is 32.1. The number of thiazole rings is 1. The minimum absolute atomic E-state index is 0.133. The van der Waals surface area contributed by atoms with Crippen LogP contribution in [0.5, 0.6) is 0 Å². The fraction of sp³-hybridized carbons (Fsp3) is 0.714. The molecule has 20 heavy (non-hydrogen) atoms. The van der Waals surface area contributed by atoms with Crippen LogP contribution in [0.15, 0.2) is 0 Å². The number of carboxylic acids is 1. The van der Waals surface area contributed by atoms with Crippen LogP contribution in [0.25, 0.3) is 0 Å². The van der Waals surface area contributed by atoms with Crippen LogP contribution in [0.4, 0.5) is 5.13 Å². The Morgan fingerprint density at radius 1 is 1.35 bits per heavy atom. The molecule has 1 aliphatic rings. The summed E-state index contributed by atoms with van der Waals surface area (Å²) in [6.07, 6.45) is 0.267. The Hall–Kier alpha value is -1.14. The van der Waals surface area contributed by atoms with Gasteiger partial charge in [-0.05, 0) is 13.8 Å². The summed E-state index contributed by atoms with van der Waals surface area (Å²) in [4.78, 5) is 18.5. The van der Waals surface area contributed by atoms with Crippen LogP contribution in [0.3, 0.4) is 0 Å². The van der Waals surface area contributed by atoms with Crippen LogP contribution in [0, 0.1) is 0 Å². The van der Waals surface area contributed by atoms with E-state index >= 15 is 0 Å². The quantitative estimate of drug-likeness (QED) is 0.909. The Morgan fingerprint density at radius 3 is 2.30 bits per heavy atom. The Balaban J connectivity index is 2.36. The van der Waals surface area contributed by atoms with Gasteiger partial charge in [-0.1, -0.05) is 32.1 Å². The molecular weight excluding hydrogens is 276 g/mol. The Labute approximate surface area is 123 Å². The summed E-state index contributed by atoms with van der Waals surface area (Å²) in [5.41, 5.74) is 0.392. The van der Waals surface area contributed by atoms with E-state index in [4.69, 9.17) is 4.74 Å². The molecule has 2 rings (SSSR count). The molecule has 1 aliphatic heterocycles. The van der Waals surface area contributed by atoms with Crippen molar-refractivity contribution in [3.8, 4) is 0 Å². The van der Waals surface area contributed by atoms with Crippen molar-refractivity contribution in [3.05, 3.63) is 10.6 Å². The summed E-state index contributed by atoms with van der Waals surface area (Å²) in [7, 11) is 0. The van der Waals surface area contributed by atoms with E-state index in [-0.39, 0.29) is 17.6 Å². The van der Waals surface area contributed by atoms with Gasteiger partial charge in [0.1, 0.15) is 4.88 Å². The zero-order valence-corrected chi connectivity index (χ0v) is 13.5. The van der Waals surface area contributed by atoms with Gasteiger partial charge in [-0.3, -0.25) is 0 Å². The average molecular weight is 298 g/mol. The molecule has 5 nitrogen and oxygen atoms in total. The first kappa shape index (κ1) is 15.3. The van der Waals surface area contributed by atoms with Gasteiger partial charge in [0.2, 0.25) is 0 Å². The molecule has 0 saturated carbocycles. The summed E-state index contributed by atoms with van der Waals surface area (Å²) in [6.45, 7) is 11.5. The second kappa shape index (κ2) is 5.33. The van der Waals surface area contributed by atoms with Crippen molar-refractivity contribution < 1.29 is 14.6 Å². The standard InChI is InChI=1S/C14H22N2O3S/c1-8-6-16(7-9(2)19-8)13-15-11(14(3,4)5)10(20-13)12(17)18/h8-9H,6-7H2,1-5H3,(H,17,18)/t8-,9+. The van der Waals surface area contributed by atoms with Crippen molar-refractivity contribution in [2.75, 3.05) is 18.0 Å². The van der Waals surface area contributed by atoms with Crippen molar-refractivity contribution in [2.24, 2.45) is 0 Å². The molecule has 1 aromatic heterocycles. The van der Waals surface area contributed by atoms with E-state index in [2.05, 4.69) is 9.88 Å². The first-order valence-electron chi connectivity index (χ1n) is 6.83. The molecule has 112 valence electrons. The van der Waals surface area contributed by atoms with Crippen molar-refractivity contribution in [1.82, 2.24) is 4.98 Å². The number of hydrogen-bond acceptors (Lipinski definition) is 5. The minimum Gasteiger partial charge on any atom is -0.477 e. The topological polar surface area (TPSA) is 62.7 Å². The molecule has 1 fully saturated rings. The molecule has 0 unspecified atom stereocenters. The van der Waals surface area contributed by atoms with Gasteiger partial charge in [-0.25, -0.2) is 9.78 Å². The molecule has 2 heterocycles. The number of hydrogen-bond donors (Lipinski definition) is 1. The summed E-state index contributed by atoms with van der Waals surface area (Å²) >= 11 is 1.26. The highest BCUT2D eigenvalue weighted by Gasteiger charge is 2.31. The fourth-order valence-electron chi connectivity index (χ4n) is 2.43. The first-order valence-corrected chi connectivity index (χ1v) is 7.65. The van der Waals surface area contributed by atoms with E-state index in [1.807, 2.05) is 34.6 Å². The van der Waals surface area contributed by atoms with E-state index in [1.54, 1.807) is 0 Å². The predicted octanol–water partition coefficient (Wildman–Crippen LogP) is 2.75. The van der Waals surface area contributed by atoms with Gasteiger partial charge >= 0.3 is 5.97 Å². The normalized spacial score (nSPS) is 23.9. The zero-order chi connectivity index (χ0) is 15.1. The van der Waals surface area contributed by atoms with Gasteiger partial charge < -0.3 is 14.7 Å². The van der Waals surface area contributed by atoms with Crippen molar-refractivity contribution in [3.63, 3.8) is 0 Å². The van der Waals surface area contributed by atoms with Gasteiger partial charge in [-0.2, -0.15) is 0 Å². The smallest absolute Gasteiger partial charge is 0.347 e. The lowest BCUT2D eigenvalue weighted by Gasteiger charge is -2.35. The molecule has 0 spiro atoms. The average Bonchev–Trinajstić information content (AvgIpc) is 2.71. The fourth-order valence-corrected chi connectivity index (χ4v) is 3.56. The molecule has 2 atom stereocenters. The number of anilines is 1. The van der Waals surface area contributed by atoms with Crippen LogP contribution >= 0.6 is 11.3 Å². The molecular formula is C14H22N2O3S. The van der Waals surface area contributed by atoms with E-state index in [1.165, 1.54) is 11.3 Å². The second-order valence-electron chi connectivity index (χ2n) is 6.39. The number of nitrogens with zero attached hydrogens (tertiary/aromatic N) is 2. The highest BCUT2D eigenvalue weighted by Crippen LogP contribution is 2.34. The number of rotatable bonds is 2. The number of carbonyl (C=O) groups is 1. The van der Waals surface area contributed by atoms with E-state index < -0.39 is 5.97 Å². The van der Waals surface area contributed by atoms with Crippen molar-refractivity contribution in [2.45, 2.75) is 52.2 Å². The lowest BCUT2D eigenvalue weighted by atomic mass is 9.91. The van der Waals surface area contributed by atoms with Gasteiger partial charge in [0, 0.05) is 18.5 Å². The van der Waals surface area contributed by atoms with Crippen LogP contribution in [0.1, 0.15) is 50.0 Å². The number of carboxylic acid groups (broad SMARTS) is 1. The van der Waals surface area contributed by atoms with E-state index in [0.29, 0.717) is 10.6 Å². The SMILES string of the molecule is C[C@@H]1CN(c2nc(C(C)(C)C)c(C(=O)O)s2)C[C@H](C)O1. The lowest BCUT2D eigenvalue weighted by molar-refractivity contribution is -0.00524. The minimum atomic E-state index is -0.895. The molecule has 0 radical (unpaired) electrons. The van der Waals surface area contributed by atoms with Crippen LogP contribution in [0.2, 0.25) is 0 Å². The van der Waals surface area contributed by atoms with Gasteiger partial charge in [0.25, 0.3) is 0 Å². The van der Waals surface area contributed by atoms with Crippen LogP contribution < -0.4 is 4.90 Å². The summed E-state index contributed by atoms with van der Waals surface area (Å²) in [6, 6.07) is 0. The molecule has 0 aromatic carbocycles. The molecule has 1 saturated heterocycles. The summed E-state index contributed by atoms with van der Waals surface area (Å²) in [5, 5.41) is 10.2. The molecule has 0 aliphatic carbocycles. The third-order valence-corrected chi connectivity index (χ3v) is 4.31. The molecule has 1 aromatic rings. The Bertz CT molecular complexity index is 497. The molecule has 0 bridgehead atoms. The van der Waals surface area contributed by atoms with Crippen molar-refractivity contribution >= 4 is 22.4 Å². The molecule has 0 amide bonds. The monoisotopic (exact) mass is 298 g/mol. The number of ether oxygens (including phenoxy) is 1. The maximum absolute atomic E-state index is 11.4. The van der Waals surface area contributed by atoms with Gasteiger partial charge in [0.05, 0.1) is 17.9 Å². The highest BCUT2D eigenvalue weighted by molar-refractivity contribution is 7.17. The lowest BCUT2D eigenvalue weighted by Crippen LogP contribution is -2.45. The Morgan fingerprint density at radius 2 is 1.90 bits per heavy atom. The summed E-state index contributed by atoms with van der Waals surface area (Å²) in [5.74, 6) is -0.895. The van der Waals surface area contributed by atoms with Crippen LogP contribution in [-0.4, -0.2) is 41.4 Å². The first-order chi connectivity index (χ1) is 9.18. The second-order valence-corrected chi connectivity index (χ2v) is 7.37. The van der Waals surface area contributed by atoms with Gasteiger partial charge in [-0.15, -0.1) is 0 Å². The maximum atomic E-state index is 11.4. The Kier molecular flexibility index (Phi) is 4.07. The maximum Gasteiger partial charge on any atom is 0.347 e. The summed E-state index contributed by atoms with van der Waals surface area (Å²) < 4.78 is 5.71. The number of aromatic nitrogens is 1. The molecule has 6 heteroatoms. The molecule has 1 N–H and O–H groups in total. The van der Waals surface area contributed by atoms with E-state index in [9.17, 15) is 9.90 Å². The zero-order valence-electron chi connectivity index (χ0n) is 12.6. The third-order valence-electron chi connectivity index (χ3n) is 3.21. The van der Waals surface area contributed by atoms with Crippen molar-refractivity contribution in [1.29, 1.82) is 0 Å². The largest absolute Gasteiger partial charge is 0.477 e. The van der Waals surface area contributed by atoms with Gasteiger partial charge in [0.15, 0.2) is 5.13 Å². The number of aromatic carboxylic acids is 1. The van der Waals surface area contributed by atoms with Crippen LogP contribution in [-0.2, 0) is 10.2 Å². The predicted molar refractivity (Wildman–Crippen MR) is 80.0 cm³/mol. The van der Waals surface area contributed by atoms with E-state index in [0.717, 1.165) is 18.2 Å². The third kappa shape index (κ3) is 3.12.